The van der Waals surface area contributed by atoms with Crippen LogP contribution in [-0.2, 0) is 6.42 Å². The molecule has 0 aromatic heterocycles. The maximum absolute atomic E-state index is 12.2. The van der Waals surface area contributed by atoms with E-state index in [0.717, 1.165) is 24.4 Å². The molecule has 0 aliphatic heterocycles. The first-order valence-electron chi connectivity index (χ1n) is 8.34. The molecular formula is C17H27F3IN3O2S. The zero-order valence-electron chi connectivity index (χ0n) is 15.4. The van der Waals surface area contributed by atoms with Crippen LogP contribution < -0.4 is 15.4 Å². The Morgan fingerprint density at radius 3 is 2.44 bits per heavy atom. The van der Waals surface area contributed by atoms with Crippen LogP contribution in [0.5, 0.6) is 5.75 Å². The van der Waals surface area contributed by atoms with Gasteiger partial charge in [-0.1, -0.05) is 12.1 Å². The van der Waals surface area contributed by atoms with Crippen LogP contribution in [-0.4, -0.2) is 55.7 Å². The molecule has 0 heterocycles. The van der Waals surface area contributed by atoms with E-state index in [9.17, 15) is 18.3 Å². The molecule has 3 N–H and O–H groups in total. The van der Waals surface area contributed by atoms with Gasteiger partial charge in [-0.25, -0.2) is 0 Å². The van der Waals surface area contributed by atoms with Crippen LogP contribution in [0.2, 0.25) is 0 Å². The van der Waals surface area contributed by atoms with Crippen LogP contribution >= 0.6 is 35.7 Å². The van der Waals surface area contributed by atoms with Crippen molar-refractivity contribution < 1.29 is 23.0 Å². The van der Waals surface area contributed by atoms with E-state index in [0.29, 0.717) is 18.9 Å². The minimum Gasteiger partial charge on any atom is -0.406 e. The van der Waals surface area contributed by atoms with Gasteiger partial charge in [-0.05, 0) is 37.3 Å². The number of halogens is 4. The Morgan fingerprint density at radius 2 is 1.93 bits per heavy atom. The smallest absolute Gasteiger partial charge is 0.406 e. The average Bonchev–Trinajstić information content (AvgIpc) is 2.58. The lowest BCUT2D eigenvalue weighted by Crippen LogP contribution is -2.39. The van der Waals surface area contributed by atoms with Crippen molar-refractivity contribution in [2.24, 2.45) is 10.9 Å². The largest absolute Gasteiger partial charge is 0.573 e. The molecule has 10 heteroatoms. The molecule has 5 nitrogen and oxygen atoms in total. The summed E-state index contributed by atoms with van der Waals surface area (Å²) >= 11 is 1.73. The number of rotatable bonds is 10. The molecule has 0 saturated carbocycles. The quantitative estimate of drug-likeness (QED) is 0.191. The van der Waals surface area contributed by atoms with Gasteiger partial charge in [-0.15, -0.1) is 37.1 Å². The summed E-state index contributed by atoms with van der Waals surface area (Å²) in [5.74, 6) is 1.27. The third-order valence-corrected chi connectivity index (χ3v) is 4.00. The highest BCUT2D eigenvalue weighted by atomic mass is 127. The number of guanidine groups is 1. The molecule has 0 saturated heterocycles. The van der Waals surface area contributed by atoms with Crippen LogP contribution in [0.1, 0.15) is 12.5 Å². The van der Waals surface area contributed by atoms with Crippen LogP contribution in [0.25, 0.3) is 0 Å². The maximum Gasteiger partial charge on any atom is 0.573 e. The van der Waals surface area contributed by atoms with E-state index in [-0.39, 0.29) is 42.3 Å². The molecular weight excluding hydrogens is 494 g/mol. The van der Waals surface area contributed by atoms with E-state index in [1.807, 2.05) is 13.2 Å². The molecule has 27 heavy (non-hydrogen) atoms. The lowest BCUT2D eigenvalue weighted by Gasteiger charge is -2.15. The average molecular weight is 521 g/mol. The minimum absolute atomic E-state index is 0. The molecule has 0 fully saturated rings. The Labute approximate surface area is 179 Å². The number of thioether (sulfide) groups is 1. The number of nitrogens with one attached hydrogen (secondary N) is 2. The Hall–Kier alpha value is -0.880. The number of aliphatic imine (C=N–C) groups is 1. The van der Waals surface area contributed by atoms with Gasteiger partial charge in [0, 0.05) is 37.9 Å². The number of hydrogen-bond donors (Lipinski definition) is 3. The Morgan fingerprint density at radius 1 is 1.26 bits per heavy atom. The molecule has 0 aliphatic carbocycles. The van der Waals surface area contributed by atoms with Gasteiger partial charge in [-0.2, -0.15) is 11.8 Å². The zero-order valence-corrected chi connectivity index (χ0v) is 18.5. The second kappa shape index (κ2) is 14.2. The maximum atomic E-state index is 12.2. The topological polar surface area (TPSA) is 65.9 Å². The first kappa shape index (κ1) is 26.1. The molecule has 0 amide bonds. The fraction of sp³-hybridized carbons (Fsp3) is 0.588. The standard InChI is InChI=1S/C17H26F3N3O2S.HI/c1-3-21-16(22-8-9-26-2)23-11-14(12-24)10-13-4-6-15(7-5-13)25-17(18,19)20;/h4-7,14,24H,3,8-12H2,1-2H3,(H2,21,22,23);1H. The highest BCUT2D eigenvalue weighted by molar-refractivity contribution is 14.0. The van der Waals surface area contributed by atoms with Crippen LogP contribution in [0, 0.1) is 5.92 Å². The van der Waals surface area contributed by atoms with Crippen LogP contribution in [0.3, 0.4) is 0 Å². The molecule has 1 aromatic carbocycles. The van der Waals surface area contributed by atoms with Crippen molar-refractivity contribution in [3.05, 3.63) is 29.8 Å². The Kier molecular flexibility index (Phi) is 13.7. The number of ether oxygens (including phenoxy) is 1. The monoisotopic (exact) mass is 521 g/mol. The third kappa shape index (κ3) is 12.2. The van der Waals surface area contributed by atoms with E-state index < -0.39 is 6.36 Å². The number of aliphatic hydroxyl groups is 1. The fourth-order valence-electron chi connectivity index (χ4n) is 2.18. The summed E-state index contributed by atoms with van der Waals surface area (Å²) < 4.78 is 40.4. The summed E-state index contributed by atoms with van der Waals surface area (Å²) in [5, 5.41) is 15.9. The zero-order chi connectivity index (χ0) is 19.4. The lowest BCUT2D eigenvalue weighted by atomic mass is 10.0. The van der Waals surface area contributed by atoms with Crippen LogP contribution in [0.15, 0.2) is 29.3 Å². The number of aliphatic hydroxyl groups excluding tert-OH is 1. The molecule has 0 radical (unpaired) electrons. The van der Waals surface area contributed by atoms with Gasteiger partial charge in [0.25, 0.3) is 0 Å². The predicted molar refractivity (Wildman–Crippen MR) is 115 cm³/mol. The number of hydrogen-bond acceptors (Lipinski definition) is 4. The fourth-order valence-corrected chi connectivity index (χ4v) is 2.49. The molecule has 0 spiro atoms. The summed E-state index contributed by atoms with van der Waals surface area (Å²) in [6.07, 6.45) is -2.16. The van der Waals surface area contributed by atoms with Crippen molar-refractivity contribution in [2.45, 2.75) is 19.7 Å². The number of nitrogens with zero attached hydrogens (tertiary/aromatic N) is 1. The van der Waals surface area contributed by atoms with Gasteiger partial charge in [-0.3, -0.25) is 4.99 Å². The summed E-state index contributed by atoms with van der Waals surface area (Å²) in [5.41, 5.74) is 0.814. The van der Waals surface area contributed by atoms with E-state index in [1.54, 1.807) is 23.9 Å². The highest BCUT2D eigenvalue weighted by Crippen LogP contribution is 2.23. The van der Waals surface area contributed by atoms with E-state index in [1.165, 1.54) is 12.1 Å². The molecule has 1 aromatic rings. The van der Waals surface area contributed by atoms with Crippen molar-refractivity contribution in [2.75, 3.05) is 38.2 Å². The molecule has 1 unspecified atom stereocenters. The molecule has 0 aliphatic rings. The lowest BCUT2D eigenvalue weighted by molar-refractivity contribution is -0.274. The van der Waals surface area contributed by atoms with Crippen molar-refractivity contribution in [3.8, 4) is 5.75 Å². The second-order valence-electron chi connectivity index (χ2n) is 5.58. The van der Waals surface area contributed by atoms with Crippen molar-refractivity contribution >= 4 is 41.7 Å². The first-order valence-corrected chi connectivity index (χ1v) is 9.74. The van der Waals surface area contributed by atoms with Gasteiger partial charge < -0.3 is 20.5 Å². The van der Waals surface area contributed by atoms with Gasteiger partial charge >= 0.3 is 6.36 Å². The van der Waals surface area contributed by atoms with Crippen molar-refractivity contribution in [1.29, 1.82) is 0 Å². The molecule has 1 atom stereocenters. The summed E-state index contributed by atoms with van der Waals surface area (Å²) in [6.45, 7) is 3.84. The first-order chi connectivity index (χ1) is 12.4. The van der Waals surface area contributed by atoms with Gasteiger partial charge in [0.2, 0.25) is 0 Å². The number of benzene rings is 1. The van der Waals surface area contributed by atoms with Gasteiger partial charge in [0.15, 0.2) is 5.96 Å². The third-order valence-electron chi connectivity index (χ3n) is 3.39. The van der Waals surface area contributed by atoms with Gasteiger partial charge in [0.05, 0.1) is 0 Å². The van der Waals surface area contributed by atoms with Crippen LogP contribution in [0.4, 0.5) is 13.2 Å². The van der Waals surface area contributed by atoms with E-state index in [2.05, 4.69) is 20.4 Å². The predicted octanol–water partition coefficient (Wildman–Crippen LogP) is 3.27. The SMILES string of the molecule is CCNC(=NCC(CO)Cc1ccc(OC(F)(F)F)cc1)NCCSC.I. The Bertz CT molecular complexity index is 545. The highest BCUT2D eigenvalue weighted by Gasteiger charge is 2.30. The summed E-state index contributed by atoms with van der Waals surface area (Å²) in [7, 11) is 0. The molecule has 0 bridgehead atoms. The number of alkyl halides is 3. The normalized spacial score (nSPS) is 12.9. The molecule has 156 valence electrons. The minimum atomic E-state index is -4.70. The summed E-state index contributed by atoms with van der Waals surface area (Å²) in [4.78, 5) is 4.47. The van der Waals surface area contributed by atoms with E-state index >= 15 is 0 Å². The molecule has 1 rings (SSSR count). The Balaban J connectivity index is 0.00000676. The van der Waals surface area contributed by atoms with E-state index in [4.69, 9.17) is 0 Å². The van der Waals surface area contributed by atoms with Crippen molar-refractivity contribution in [3.63, 3.8) is 0 Å². The van der Waals surface area contributed by atoms with Crippen molar-refractivity contribution in [1.82, 2.24) is 10.6 Å². The van der Waals surface area contributed by atoms with Gasteiger partial charge in [0.1, 0.15) is 5.75 Å². The second-order valence-corrected chi connectivity index (χ2v) is 6.57. The summed E-state index contributed by atoms with van der Waals surface area (Å²) in [6, 6.07) is 5.67.